The number of H-pyrrole nitrogens is 1. The van der Waals surface area contributed by atoms with E-state index in [9.17, 15) is 4.79 Å². The van der Waals surface area contributed by atoms with Gasteiger partial charge in [-0.05, 0) is 12.1 Å². The van der Waals surface area contributed by atoms with Crippen molar-refractivity contribution < 1.29 is 14.3 Å². The molecule has 116 valence electrons. The van der Waals surface area contributed by atoms with E-state index in [1.807, 2.05) is 0 Å². The quantitative estimate of drug-likeness (QED) is 0.779. The summed E-state index contributed by atoms with van der Waals surface area (Å²) in [7, 11) is 0. The zero-order valence-electron chi connectivity index (χ0n) is 11.6. The molecule has 1 amide bonds. The predicted molar refractivity (Wildman–Crippen MR) is 81.8 cm³/mol. The summed E-state index contributed by atoms with van der Waals surface area (Å²) < 4.78 is 10.5. The predicted octanol–water partition coefficient (Wildman–Crippen LogP) is 1.46. The average Bonchev–Trinajstić information content (AvgIpc) is 3.13. The average molecular weight is 323 g/mol. The molecule has 1 aromatic heterocycles. The summed E-state index contributed by atoms with van der Waals surface area (Å²) in [5, 5.41) is 13.2. The summed E-state index contributed by atoms with van der Waals surface area (Å²) >= 11 is 0. The maximum atomic E-state index is 12.4. The van der Waals surface area contributed by atoms with E-state index in [2.05, 4.69) is 20.8 Å². The van der Waals surface area contributed by atoms with Gasteiger partial charge in [0.25, 0.3) is 5.91 Å². The van der Waals surface area contributed by atoms with Crippen molar-refractivity contribution in [3.05, 3.63) is 35.2 Å². The van der Waals surface area contributed by atoms with Crippen molar-refractivity contribution in [3.8, 4) is 11.5 Å². The van der Waals surface area contributed by atoms with Crippen molar-refractivity contribution in [2.75, 3.05) is 18.7 Å². The van der Waals surface area contributed by atoms with Gasteiger partial charge < -0.3 is 20.1 Å². The van der Waals surface area contributed by atoms with Gasteiger partial charge in [-0.2, -0.15) is 5.10 Å². The molecule has 2 aliphatic rings. The second-order valence-electron chi connectivity index (χ2n) is 4.98. The van der Waals surface area contributed by atoms with Crippen molar-refractivity contribution in [2.24, 2.45) is 0 Å². The fourth-order valence-corrected chi connectivity index (χ4v) is 2.58. The lowest BCUT2D eigenvalue weighted by atomic mass is 10.1. The van der Waals surface area contributed by atoms with E-state index in [0.29, 0.717) is 29.4 Å². The molecule has 0 atom stereocenters. The van der Waals surface area contributed by atoms with E-state index < -0.39 is 0 Å². The normalized spacial score (nSPS) is 14.9. The molecule has 4 rings (SSSR count). The van der Waals surface area contributed by atoms with Crippen LogP contribution < -0.4 is 20.1 Å². The topological polar surface area (TPSA) is 88.3 Å². The summed E-state index contributed by atoms with van der Waals surface area (Å²) in [6.07, 6.45) is 0.861. The SMILES string of the molecule is Cl.O=C(Nc1ccc2c(c1)OCO2)c1n[nH]c2c1CNCC2. The van der Waals surface area contributed by atoms with Crippen LogP contribution in [0.4, 0.5) is 5.69 Å². The number of anilines is 1. The second kappa shape index (κ2) is 5.86. The number of amides is 1. The number of carbonyl (C=O) groups excluding carboxylic acids is 1. The van der Waals surface area contributed by atoms with Crippen LogP contribution in [0, 0.1) is 0 Å². The summed E-state index contributed by atoms with van der Waals surface area (Å²) in [6, 6.07) is 5.31. The maximum Gasteiger partial charge on any atom is 0.276 e. The van der Waals surface area contributed by atoms with Crippen molar-refractivity contribution >= 4 is 24.0 Å². The van der Waals surface area contributed by atoms with E-state index in [0.717, 1.165) is 24.2 Å². The molecule has 3 heterocycles. The maximum absolute atomic E-state index is 12.4. The van der Waals surface area contributed by atoms with E-state index in [1.165, 1.54) is 0 Å². The zero-order chi connectivity index (χ0) is 14.2. The van der Waals surface area contributed by atoms with Crippen LogP contribution in [0.2, 0.25) is 0 Å². The summed E-state index contributed by atoms with van der Waals surface area (Å²) in [5.74, 6) is 1.10. The van der Waals surface area contributed by atoms with Gasteiger partial charge in [-0.1, -0.05) is 0 Å². The third-order valence-electron chi connectivity index (χ3n) is 3.65. The lowest BCUT2D eigenvalue weighted by Gasteiger charge is -2.12. The monoisotopic (exact) mass is 322 g/mol. The minimum atomic E-state index is -0.227. The minimum absolute atomic E-state index is 0. The molecule has 0 bridgehead atoms. The molecule has 0 unspecified atom stereocenters. The third kappa shape index (κ3) is 2.49. The molecule has 0 spiro atoms. The molecule has 1 aromatic carbocycles. The van der Waals surface area contributed by atoms with E-state index >= 15 is 0 Å². The van der Waals surface area contributed by atoms with Crippen LogP contribution in [0.1, 0.15) is 21.7 Å². The Hall–Kier alpha value is -2.25. The Labute approximate surface area is 132 Å². The van der Waals surface area contributed by atoms with Gasteiger partial charge in [0.15, 0.2) is 17.2 Å². The van der Waals surface area contributed by atoms with E-state index in [-0.39, 0.29) is 25.1 Å². The number of aromatic nitrogens is 2. The highest BCUT2D eigenvalue weighted by molar-refractivity contribution is 6.04. The number of nitrogens with zero attached hydrogens (tertiary/aromatic N) is 1. The molecule has 0 aliphatic carbocycles. The molecule has 0 fully saturated rings. The van der Waals surface area contributed by atoms with Crippen molar-refractivity contribution in [2.45, 2.75) is 13.0 Å². The number of carbonyl (C=O) groups is 1. The number of benzene rings is 1. The third-order valence-corrected chi connectivity index (χ3v) is 3.65. The number of aromatic amines is 1. The summed E-state index contributed by atoms with van der Waals surface area (Å²) in [6.45, 7) is 1.78. The second-order valence-corrected chi connectivity index (χ2v) is 4.98. The number of rotatable bonds is 2. The number of hydrogen-bond donors (Lipinski definition) is 3. The highest BCUT2D eigenvalue weighted by Crippen LogP contribution is 2.34. The Morgan fingerprint density at radius 3 is 3.05 bits per heavy atom. The van der Waals surface area contributed by atoms with Crippen LogP contribution in [0.3, 0.4) is 0 Å². The molecular formula is C14H15ClN4O3. The van der Waals surface area contributed by atoms with Gasteiger partial charge in [-0.3, -0.25) is 9.89 Å². The Morgan fingerprint density at radius 2 is 2.14 bits per heavy atom. The van der Waals surface area contributed by atoms with E-state index in [1.54, 1.807) is 18.2 Å². The van der Waals surface area contributed by atoms with Gasteiger partial charge in [-0.25, -0.2) is 0 Å². The first kappa shape index (κ1) is 14.7. The van der Waals surface area contributed by atoms with Crippen molar-refractivity contribution in [1.29, 1.82) is 0 Å². The largest absolute Gasteiger partial charge is 0.454 e. The standard InChI is InChI=1S/C14H14N4O3.ClH/c19-14(13-9-6-15-4-3-10(9)17-18-13)16-8-1-2-11-12(5-8)21-7-20-11;/h1-2,5,15H,3-4,6-7H2,(H,16,19)(H,17,18);1H. The Bertz CT molecular complexity index is 716. The van der Waals surface area contributed by atoms with Crippen LogP contribution in [0.15, 0.2) is 18.2 Å². The molecule has 2 aromatic rings. The molecule has 7 nitrogen and oxygen atoms in total. The fraction of sp³-hybridized carbons (Fsp3) is 0.286. The summed E-state index contributed by atoms with van der Waals surface area (Å²) in [5.41, 5.74) is 3.07. The number of fused-ring (bicyclic) bond motifs is 2. The number of halogens is 1. The first-order chi connectivity index (χ1) is 10.3. The first-order valence-electron chi connectivity index (χ1n) is 6.79. The number of nitrogens with one attached hydrogen (secondary N) is 3. The number of ether oxygens (including phenoxy) is 2. The smallest absolute Gasteiger partial charge is 0.276 e. The van der Waals surface area contributed by atoms with Crippen LogP contribution in [0.25, 0.3) is 0 Å². The Morgan fingerprint density at radius 1 is 1.27 bits per heavy atom. The minimum Gasteiger partial charge on any atom is -0.454 e. The van der Waals surface area contributed by atoms with Gasteiger partial charge in [0.2, 0.25) is 6.79 Å². The van der Waals surface area contributed by atoms with Crippen LogP contribution in [0.5, 0.6) is 11.5 Å². The Balaban J connectivity index is 0.00000144. The van der Waals surface area contributed by atoms with E-state index in [4.69, 9.17) is 9.47 Å². The molecule has 0 saturated carbocycles. The summed E-state index contributed by atoms with van der Waals surface area (Å²) in [4.78, 5) is 12.4. The van der Waals surface area contributed by atoms with Crippen molar-refractivity contribution in [1.82, 2.24) is 15.5 Å². The van der Waals surface area contributed by atoms with Gasteiger partial charge in [0.1, 0.15) is 0 Å². The lowest BCUT2D eigenvalue weighted by Crippen LogP contribution is -2.25. The van der Waals surface area contributed by atoms with Crippen molar-refractivity contribution in [3.63, 3.8) is 0 Å². The molecule has 8 heteroatoms. The van der Waals surface area contributed by atoms with Gasteiger partial charge in [0, 0.05) is 42.5 Å². The fourth-order valence-electron chi connectivity index (χ4n) is 2.58. The van der Waals surface area contributed by atoms with Crippen LogP contribution in [-0.4, -0.2) is 29.4 Å². The molecule has 2 aliphatic heterocycles. The first-order valence-corrected chi connectivity index (χ1v) is 6.79. The Kier molecular flexibility index (Phi) is 3.91. The van der Waals surface area contributed by atoms with Gasteiger partial charge in [0.05, 0.1) is 0 Å². The molecule has 22 heavy (non-hydrogen) atoms. The van der Waals surface area contributed by atoms with Gasteiger partial charge in [-0.15, -0.1) is 12.4 Å². The molecule has 0 radical (unpaired) electrons. The highest BCUT2D eigenvalue weighted by atomic mass is 35.5. The highest BCUT2D eigenvalue weighted by Gasteiger charge is 2.22. The molecule has 0 saturated heterocycles. The molecular weight excluding hydrogens is 308 g/mol. The van der Waals surface area contributed by atoms with Gasteiger partial charge >= 0.3 is 0 Å². The molecule has 3 N–H and O–H groups in total. The van der Waals surface area contributed by atoms with Crippen LogP contribution in [-0.2, 0) is 13.0 Å². The lowest BCUT2D eigenvalue weighted by molar-refractivity contribution is 0.102. The number of hydrogen-bond acceptors (Lipinski definition) is 5. The van der Waals surface area contributed by atoms with Crippen LogP contribution >= 0.6 is 12.4 Å². The zero-order valence-corrected chi connectivity index (χ0v) is 12.5.